The molecule has 0 spiro atoms. The lowest BCUT2D eigenvalue weighted by molar-refractivity contribution is -0.384. The highest BCUT2D eigenvalue weighted by atomic mass is 16.6. The molecule has 0 aliphatic heterocycles. The van der Waals surface area contributed by atoms with Crippen LogP contribution < -0.4 is 15.8 Å². The molecule has 6 heteroatoms. The fraction of sp³-hybridized carbons (Fsp3) is 0.538. The van der Waals surface area contributed by atoms with E-state index in [0.29, 0.717) is 17.5 Å². The molecule has 0 amide bonds. The summed E-state index contributed by atoms with van der Waals surface area (Å²) < 4.78 is 5.23. The van der Waals surface area contributed by atoms with Crippen LogP contribution in [-0.2, 0) is 0 Å². The minimum Gasteiger partial charge on any atom is -0.495 e. The first-order valence-corrected chi connectivity index (χ1v) is 6.44. The number of nitro benzene ring substituents is 1. The molecule has 0 heterocycles. The van der Waals surface area contributed by atoms with Crippen LogP contribution in [0.1, 0.15) is 25.7 Å². The number of methoxy groups -OCH3 is 1. The van der Waals surface area contributed by atoms with Crippen molar-refractivity contribution in [3.05, 3.63) is 28.3 Å². The highest BCUT2D eigenvalue weighted by Gasteiger charge is 2.20. The van der Waals surface area contributed by atoms with Gasteiger partial charge in [0.15, 0.2) is 0 Å². The van der Waals surface area contributed by atoms with Gasteiger partial charge in [0.05, 0.1) is 17.7 Å². The van der Waals surface area contributed by atoms with Gasteiger partial charge in [-0.25, -0.2) is 0 Å². The average molecular weight is 265 g/mol. The van der Waals surface area contributed by atoms with E-state index in [2.05, 4.69) is 5.32 Å². The summed E-state index contributed by atoms with van der Waals surface area (Å²) in [4.78, 5) is 10.4. The Balaban J connectivity index is 2.13. The molecule has 1 saturated carbocycles. The van der Waals surface area contributed by atoms with Crippen LogP contribution in [0.4, 0.5) is 11.4 Å². The van der Waals surface area contributed by atoms with Crippen LogP contribution in [0.15, 0.2) is 18.2 Å². The summed E-state index contributed by atoms with van der Waals surface area (Å²) in [5, 5.41) is 14.1. The Morgan fingerprint density at radius 1 is 1.37 bits per heavy atom. The number of non-ortho nitro benzene ring substituents is 1. The van der Waals surface area contributed by atoms with Gasteiger partial charge in [0.1, 0.15) is 5.75 Å². The number of nitrogens with zero attached hydrogens (tertiary/aromatic N) is 1. The molecule has 2 rings (SSSR count). The summed E-state index contributed by atoms with van der Waals surface area (Å²) in [6.45, 7) is 0. The highest BCUT2D eigenvalue weighted by Crippen LogP contribution is 2.31. The highest BCUT2D eigenvalue weighted by molar-refractivity contribution is 5.62. The summed E-state index contributed by atoms with van der Waals surface area (Å²) in [5.74, 6) is 0.625. The maximum atomic E-state index is 10.8. The lowest BCUT2D eigenvalue weighted by Gasteiger charge is -2.28. The maximum Gasteiger partial charge on any atom is 0.271 e. The first kappa shape index (κ1) is 13.6. The standard InChI is InChI=1S/C13H19N3O3/c1-19-13-7-6-11(16(17)18)8-12(13)15-10-4-2-9(14)3-5-10/h6-10,15H,2-5,14H2,1H3. The van der Waals surface area contributed by atoms with E-state index in [1.807, 2.05) is 0 Å². The molecule has 0 bridgehead atoms. The van der Waals surface area contributed by atoms with Gasteiger partial charge in [-0.05, 0) is 31.7 Å². The van der Waals surface area contributed by atoms with Gasteiger partial charge >= 0.3 is 0 Å². The number of nitrogens with one attached hydrogen (secondary N) is 1. The lowest BCUT2D eigenvalue weighted by Crippen LogP contribution is -2.32. The van der Waals surface area contributed by atoms with Crippen LogP contribution in [0.5, 0.6) is 5.75 Å². The molecule has 3 N–H and O–H groups in total. The molecule has 0 radical (unpaired) electrons. The Morgan fingerprint density at radius 3 is 2.63 bits per heavy atom. The molecule has 1 fully saturated rings. The van der Waals surface area contributed by atoms with Crippen molar-refractivity contribution in [1.29, 1.82) is 0 Å². The van der Waals surface area contributed by atoms with Crippen molar-refractivity contribution in [1.82, 2.24) is 0 Å². The third kappa shape index (κ3) is 3.35. The molecule has 1 aliphatic carbocycles. The van der Waals surface area contributed by atoms with Gasteiger partial charge in [0, 0.05) is 24.2 Å². The second-order valence-corrected chi connectivity index (χ2v) is 4.90. The van der Waals surface area contributed by atoms with Gasteiger partial charge in [-0.2, -0.15) is 0 Å². The summed E-state index contributed by atoms with van der Waals surface area (Å²) in [6.07, 6.45) is 3.92. The molecule has 1 aromatic rings. The monoisotopic (exact) mass is 265 g/mol. The van der Waals surface area contributed by atoms with Crippen molar-refractivity contribution < 1.29 is 9.66 Å². The van der Waals surface area contributed by atoms with Crippen molar-refractivity contribution in [2.75, 3.05) is 12.4 Å². The van der Waals surface area contributed by atoms with Gasteiger partial charge in [-0.1, -0.05) is 0 Å². The number of ether oxygens (including phenoxy) is 1. The van der Waals surface area contributed by atoms with Crippen molar-refractivity contribution >= 4 is 11.4 Å². The zero-order valence-corrected chi connectivity index (χ0v) is 11.0. The molecule has 19 heavy (non-hydrogen) atoms. The predicted molar refractivity (Wildman–Crippen MR) is 73.5 cm³/mol. The van der Waals surface area contributed by atoms with E-state index in [9.17, 15) is 10.1 Å². The SMILES string of the molecule is COc1ccc([N+](=O)[O-])cc1NC1CCC(N)CC1. The van der Waals surface area contributed by atoms with Crippen LogP contribution in [0.2, 0.25) is 0 Å². The first-order chi connectivity index (χ1) is 9.10. The number of anilines is 1. The maximum absolute atomic E-state index is 10.8. The molecule has 0 saturated heterocycles. The summed E-state index contributed by atoms with van der Waals surface area (Å²) >= 11 is 0. The van der Waals surface area contributed by atoms with E-state index in [1.54, 1.807) is 13.2 Å². The van der Waals surface area contributed by atoms with E-state index in [1.165, 1.54) is 12.1 Å². The smallest absolute Gasteiger partial charge is 0.271 e. The molecule has 104 valence electrons. The zero-order valence-electron chi connectivity index (χ0n) is 11.0. The zero-order chi connectivity index (χ0) is 13.8. The molecule has 1 aromatic carbocycles. The Kier molecular flexibility index (Phi) is 4.21. The van der Waals surface area contributed by atoms with E-state index in [4.69, 9.17) is 10.5 Å². The third-order valence-corrected chi connectivity index (χ3v) is 3.53. The quantitative estimate of drug-likeness (QED) is 0.644. The van der Waals surface area contributed by atoms with Crippen molar-refractivity contribution in [3.8, 4) is 5.75 Å². The fourth-order valence-electron chi connectivity index (χ4n) is 2.41. The van der Waals surface area contributed by atoms with Gasteiger partial charge in [0.2, 0.25) is 0 Å². The molecule has 0 unspecified atom stereocenters. The molecule has 6 nitrogen and oxygen atoms in total. The van der Waals surface area contributed by atoms with Gasteiger partial charge in [-0.15, -0.1) is 0 Å². The van der Waals surface area contributed by atoms with Crippen LogP contribution in [0.3, 0.4) is 0 Å². The molecule has 0 aromatic heterocycles. The number of benzene rings is 1. The second kappa shape index (κ2) is 5.88. The fourth-order valence-corrected chi connectivity index (χ4v) is 2.41. The summed E-state index contributed by atoms with van der Waals surface area (Å²) in [6, 6.07) is 5.17. The van der Waals surface area contributed by atoms with E-state index < -0.39 is 4.92 Å². The van der Waals surface area contributed by atoms with E-state index in [-0.39, 0.29) is 11.7 Å². The normalized spacial score (nSPS) is 22.8. The van der Waals surface area contributed by atoms with Crippen LogP contribution >= 0.6 is 0 Å². The third-order valence-electron chi connectivity index (χ3n) is 3.53. The molecule has 0 atom stereocenters. The average Bonchev–Trinajstić information content (AvgIpc) is 2.41. The van der Waals surface area contributed by atoms with E-state index >= 15 is 0 Å². The lowest BCUT2D eigenvalue weighted by atomic mass is 9.91. The topological polar surface area (TPSA) is 90.4 Å². The van der Waals surface area contributed by atoms with Crippen molar-refractivity contribution in [3.63, 3.8) is 0 Å². The largest absolute Gasteiger partial charge is 0.495 e. The Hall–Kier alpha value is -1.82. The second-order valence-electron chi connectivity index (χ2n) is 4.90. The Morgan fingerprint density at radius 2 is 2.05 bits per heavy atom. The van der Waals surface area contributed by atoms with Crippen LogP contribution in [-0.4, -0.2) is 24.1 Å². The molecular weight excluding hydrogens is 246 g/mol. The number of nitrogens with two attached hydrogens (primary N) is 1. The minimum absolute atomic E-state index is 0.0656. The predicted octanol–water partition coefficient (Wildman–Crippen LogP) is 2.29. The minimum atomic E-state index is -0.401. The van der Waals surface area contributed by atoms with Crippen LogP contribution in [0.25, 0.3) is 0 Å². The van der Waals surface area contributed by atoms with Gasteiger partial charge in [0.25, 0.3) is 5.69 Å². The summed E-state index contributed by atoms with van der Waals surface area (Å²) in [7, 11) is 1.56. The Labute approximate surface area is 112 Å². The van der Waals surface area contributed by atoms with E-state index in [0.717, 1.165) is 25.7 Å². The van der Waals surface area contributed by atoms with Crippen LogP contribution in [0, 0.1) is 10.1 Å². The number of hydrogen-bond acceptors (Lipinski definition) is 5. The summed E-state index contributed by atoms with van der Waals surface area (Å²) in [5.41, 5.74) is 6.61. The van der Waals surface area contributed by atoms with Crippen molar-refractivity contribution in [2.24, 2.45) is 5.73 Å². The number of rotatable bonds is 4. The van der Waals surface area contributed by atoms with Gasteiger partial charge < -0.3 is 15.8 Å². The molecular formula is C13H19N3O3. The van der Waals surface area contributed by atoms with Crippen molar-refractivity contribution in [2.45, 2.75) is 37.8 Å². The number of nitro groups is 1. The first-order valence-electron chi connectivity index (χ1n) is 6.44. The Bertz CT molecular complexity index is 456. The van der Waals surface area contributed by atoms with Gasteiger partial charge in [-0.3, -0.25) is 10.1 Å². The number of hydrogen-bond donors (Lipinski definition) is 2. The molecule has 1 aliphatic rings.